The molecule has 0 bridgehead atoms. The standard InChI is InChI=1S/C24H19F3N6O5/c1-13(22(35)36)28-21(34)16-5-4-12-33-19(31-32-20(16)33)14-8-10-15(11-9-14)29-23(37)30-17-6-2-3-7-18(17)38-24(25,26)27/h2-13H,1H3,(H,28,34)(H,35,36)(H2,29,30,37)/t13-/m1/s1. The molecule has 2 heterocycles. The highest BCUT2D eigenvalue weighted by atomic mass is 19.4. The van der Waals surface area contributed by atoms with Gasteiger partial charge < -0.3 is 25.8 Å². The number of pyridine rings is 1. The van der Waals surface area contributed by atoms with Gasteiger partial charge in [0.25, 0.3) is 5.91 Å². The number of nitrogens with zero attached hydrogens (tertiary/aromatic N) is 3. The van der Waals surface area contributed by atoms with Gasteiger partial charge in [0.2, 0.25) is 0 Å². The topological polar surface area (TPSA) is 147 Å². The molecule has 0 aliphatic heterocycles. The third kappa shape index (κ3) is 5.98. The highest BCUT2D eigenvalue weighted by molar-refractivity contribution is 6.02. The second-order valence-electron chi connectivity index (χ2n) is 7.87. The number of hydrogen-bond donors (Lipinski definition) is 4. The summed E-state index contributed by atoms with van der Waals surface area (Å²) in [7, 11) is 0. The summed E-state index contributed by atoms with van der Waals surface area (Å²) in [5.74, 6) is -2.00. The molecule has 0 aliphatic carbocycles. The average molecular weight is 528 g/mol. The van der Waals surface area contributed by atoms with Crippen molar-refractivity contribution in [2.75, 3.05) is 10.6 Å². The quantitative estimate of drug-likeness (QED) is 0.282. The van der Waals surface area contributed by atoms with E-state index in [1.165, 1.54) is 31.2 Å². The van der Waals surface area contributed by atoms with Crippen molar-refractivity contribution in [2.24, 2.45) is 0 Å². The Morgan fingerprint density at radius 1 is 0.974 bits per heavy atom. The van der Waals surface area contributed by atoms with Gasteiger partial charge in [-0.25, -0.2) is 4.79 Å². The number of carboxylic acid groups (broad SMARTS) is 1. The number of carbonyl (C=O) groups is 3. The Labute approximate surface area is 212 Å². The fourth-order valence-corrected chi connectivity index (χ4v) is 3.40. The first-order valence-corrected chi connectivity index (χ1v) is 10.9. The zero-order valence-corrected chi connectivity index (χ0v) is 19.5. The van der Waals surface area contributed by atoms with Gasteiger partial charge in [0.15, 0.2) is 17.2 Å². The normalized spacial score (nSPS) is 12.0. The molecular weight excluding hydrogens is 509 g/mol. The van der Waals surface area contributed by atoms with Crippen molar-refractivity contribution in [3.8, 4) is 17.1 Å². The molecule has 0 spiro atoms. The third-order valence-electron chi connectivity index (χ3n) is 5.16. The summed E-state index contributed by atoms with van der Waals surface area (Å²) in [6.45, 7) is 1.33. The van der Waals surface area contributed by atoms with Crippen molar-refractivity contribution in [1.82, 2.24) is 19.9 Å². The van der Waals surface area contributed by atoms with Gasteiger partial charge in [0, 0.05) is 17.4 Å². The molecule has 0 saturated carbocycles. The number of amides is 3. The largest absolute Gasteiger partial charge is 0.573 e. The van der Waals surface area contributed by atoms with Crippen molar-refractivity contribution in [1.29, 1.82) is 0 Å². The Morgan fingerprint density at radius 2 is 1.68 bits per heavy atom. The maximum atomic E-state index is 12.6. The Balaban J connectivity index is 1.48. The number of aliphatic carboxylic acids is 1. The smallest absolute Gasteiger partial charge is 0.480 e. The van der Waals surface area contributed by atoms with Crippen LogP contribution in [0.5, 0.6) is 5.75 Å². The number of halogens is 3. The Morgan fingerprint density at radius 3 is 2.37 bits per heavy atom. The Kier molecular flexibility index (Phi) is 7.14. The summed E-state index contributed by atoms with van der Waals surface area (Å²) >= 11 is 0. The lowest BCUT2D eigenvalue weighted by Gasteiger charge is -2.14. The van der Waals surface area contributed by atoms with Crippen molar-refractivity contribution in [3.05, 3.63) is 72.4 Å². The molecule has 3 amide bonds. The summed E-state index contributed by atoms with van der Waals surface area (Å²) in [6.07, 6.45) is -3.29. The number of hydrogen-bond acceptors (Lipinski definition) is 6. The highest BCUT2D eigenvalue weighted by Crippen LogP contribution is 2.30. The van der Waals surface area contributed by atoms with Gasteiger partial charge in [-0.3, -0.25) is 14.0 Å². The zero-order chi connectivity index (χ0) is 27.4. The van der Waals surface area contributed by atoms with Crippen LogP contribution in [0.1, 0.15) is 17.3 Å². The molecule has 11 nitrogen and oxygen atoms in total. The van der Waals surface area contributed by atoms with Gasteiger partial charge in [-0.2, -0.15) is 0 Å². The molecule has 14 heteroatoms. The van der Waals surface area contributed by atoms with Crippen molar-refractivity contribution < 1.29 is 37.4 Å². The first kappa shape index (κ1) is 25.9. The number of rotatable bonds is 7. The minimum atomic E-state index is -4.92. The summed E-state index contributed by atoms with van der Waals surface area (Å²) in [5.41, 5.74) is 1.07. The van der Waals surface area contributed by atoms with E-state index in [-0.39, 0.29) is 16.9 Å². The molecule has 4 aromatic rings. The lowest BCUT2D eigenvalue weighted by Crippen LogP contribution is -2.38. The number of carbonyl (C=O) groups excluding carboxylic acids is 2. The zero-order valence-electron chi connectivity index (χ0n) is 19.5. The van der Waals surface area contributed by atoms with Crippen LogP contribution < -0.4 is 20.7 Å². The van der Waals surface area contributed by atoms with E-state index in [4.69, 9.17) is 5.11 Å². The Bertz CT molecular complexity index is 1500. The van der Waals surface area contributed by atoms with Crippen molar-refractivity contribution in [2.45, 2.75) is 19.3 Å². The van der Waals surface area contributed by atoms with Crippen LogP contribution in [0.3, 0.4) is 0 Å². The van der Waals surface area contributed by atoms with Crippen LogP contribution in [-0.2, 0) is 4.79 Å². The van der Waals surface area contributed by atoms with Gasteiger partial charge in [-0.15, -0.1) is 23.4 Å². The molecule has 0 unspecified atom stereocenters. The van der Waals surface area contributed by atoms with Crippen LogP contribution in [0.15, 0.2) is 66.9 Å². The fraction of sp³-hybridized carbons (Fsp3) is 0.125. The molecular formula is C24H19F3N6O5. The molecule has 0 saturated heterocycles. The van der Waals surface area contributed by atoms with E-state index in [9.17, 15) is 27.6 Å². The number of para-hydroxylation sites is 2. The van der Waals surface area contributed by atoms with E-state index >= 15 is 0 Å². The lowest BCUT2D eigenvalue weighted by atomic mass is 10.2. The number of fused-ring (bicyclic) bond motifs is 1. The number of anilines is 2. The summed E-state index contributed by atoms with van der Waals surface area (Å²) in [4.78, 5) is 35.9. The van der Waals surface area contributed by atoms with Crippen LogP contribution >= 0.6 is 0 Å². The van der Waals surface area contributed by atoms with Gasteiger partial charge in [0.1, 0.15) is 6.04 Å². The molecule has 0 fully saturated rings. The second kappa shape index (κ2) is 10.5. The van der Waals surface area contributed by atoms with Gasteiger partial charge >= 0.3 is 18.4 Å². The summed E-state index contributed by atoms with van der Waals surface area (Å²) in [6, 6.07) is 12.6. The minimum Gasteiger partial charge on any atom is -0.480 e. The number of benzene rings is 2. The number of alkyl halides is 3. The van der Waals surface area contributed by atoms with E-state index in [1.807, 2.05) is 0 Å². The van der Waals surface area contributed by atoms with E-state index < -0.39 is 36.1 Å². The average Bonchev–Trinajstić information content (AvgIpc) is 3.29. The number of carboxylic acids is 1. The minimum absolute atomic E-state index is 0.129. The molecule has 196 valence electrons. The lowest BCUT2D eigenvalue weighted by molar-refractivity contribution is -0.274. The van der Waals surface area contributed by atoms with E-state index in [0.29, 0.717) is 17.1 Å². The highest BCUT2D eigenvalue weighted by Gasteiger charge is 2.32. The van der Waals surface area contributed by atoms with E-state index in [2.05, 4.69) is 30.9 Å². The molecule has 0 radical (unpaired) electrons. The first-order chi connectivity index (χ1) is 18.0. The molecule has 4 N–H and O–H groups in total. The van der Waals surface area contributed by atoms with Crippen molar-refractivity contribution >= 4 is 34.9 Å². The maximum absolute atomic E-state index is 12.6. The molecule has 2 aromatic carbocycles. The molecule has 38 heavy (non-hydrogen) atoms. The van der Waals surface area contributed by atoms with Crippen LogP contribution in [-0.4, -0.2) is 50.0 Å². The molecule has 1 atom stereocenters. The summed E-state index contributed by atoms with van der Waals surface area (Å²) < 4.78 is 43.3. The van der Waals surface area contributed by atoms with Crippen LogP contribution in [0.2, 0.25) is 0 Å². The van der Waals surface area contributed by atoms with Gasteiger partial charge in [-0.1, -0.05) is 12.1 Å². The monoisotopic (exact) mass is 528 g/mol. The fourth-order valence-electron chi connectivity index (χ4n) is 3.40. The predicted octanol–water partition coefficient (Wildman–Crippen LogP) is 4.14. The van der Waals surface area contributed by atoms with Gasteiger partial charge in [-0.05, 0) is 55.5 Å². The molecule has 4 rings (SSSR count). The van der Waals surface area contributed by atoms with Crippen LogP contribution in [0.25, 0.3) is 17.0 Å². The second-order valence-corrected chi connectivity index (χ2v) is 7.87. The van der Waals surface area contributed by atoms with E-state index in [1.54, 1.807) is 40.9 Å². The van der Waals surface area contributed by atoms with Gasteiger partial charge in [0.05, 0.1) is 11.3 Å². The first-order valence-electron chi connectivity index (χ1n) is 10.9. The third-order valence-corrected chi connectivity index (χ3v) is 5.16. The number of urea groups is 1. The molecule has 0 aliphatic rings. The van der Waals surface area contributed by atoms with E-state index in [0.717, 1.165) is 6.07 Å². The van der Waals surface area contributed by atoms with Crippen LogP contribution in [0.4, 0.5) is 29.3 Å². The van der Waals surface area contributed by atoms with Crippen LogP contribution in [0, 0.1) is 0 Å². The summed E-state index contributed by atoms with van der Waals surface area (Å²) in [5, 5.41) is 24.4. The number of ether oxygens (including phenoxy) is 1. The number of aromatic nitrogens is 3. The SMILES string of the molecule is C[C@@H](NC(=O)c1cccn2c(-c3ccc(NC(=O)Nc4ccccc4OC(F)(F)F)cc3)nnc12)C(=O)O. The Hall–Kier alpha value is -5.14. The molecule has 2 aromatic heterocycles. The predicted molar refractivity (Wildman–Crippen MR) is 129 cm³/mol. The maximum Gasteiger partial charge on any atom is 0.573 e. The number of nitrogens with one attached hydrogen (secondary N) is 3. The van der Waals surface area contributed by atoms with Crippen molar-refractivity contribution in [3.63, 3.8) is 0 Å².